The molecule has 0 atom stereocenters. The molecule has 0 saturated carbocycles. The Labute approximate surface area is 119 Å². The number of hydrogen-bond donors (Lipinski definition) is 1. The molecule has 1 N–H and O–H groups in total. The third-order valence-electron chi connectivity index (χ3n) is 3.13. The number of hydrogen-bond acceptors (Lipinski definition) is 3. The lowest BCUT2D eigenvalue weighted by Crippen LogP contribution is -2.11. The SMILES string of the molecule is CCc1ccc(NCc2nc(C(C)(C)C)cs2)cc1. The minimum atomic E-state index is 0.136. The van der Waals surface area contributed by atoms with Gasteiger partial charge in [0, 0.05) is 16.5 Å². The quantitative estimate of drug-likeness (QED) is 0.880. The first-order valence-electron chi connectivity index (χ1n) is 6.76. The van der Waals surface area contributed by atoms with Crippen molar-refractivity contribution >= 4 is 17.0 Å². The molecular weight excluding hydrogens is 252 g/mol. The van der Waals surface area contributed by atoms with Crippen LogP contribution in [0.2, 0.25) is 0 Å². The molecular formula is C16H22N2S. The van der Waals surface area contributed by atoms with Crippen LogP contribution in [-0.4, -0.2) is 4.98 Å². The minimum Gasteiger partial charge on any atom is -0.379 e. The van der Waals surface area contributed by atoms with Crippen molar-refractivity contribution in [2.75, 3.05) is 5.32 Å². The molecule has 0 saturated heterocycles. The van der Waals surface area contributed by atoms with E-state index in [0.717, 1.165) is 23.7 Å². The molecule has 2 aromatic rings. The molecule has 19 heavy (non-hydrogen) atoms. The number of nitrogens with one attached hydrogen (secondary N) is 1. The van der Waals surface area contributed by atoms with Gasteiger partial charge >= 0.3 is 0 Å². The molecule has 2 rings (SSSR count). The lowest BCUT2D eigenvalue weighted by Gasteiger charge is -2.14. The van der Waals surface area contributed by atoms with Gasteiger partial charge in [0.05, 0.1) is 12.2 Å². The highest BCUT2D eigenvalue weighted by Crippen LogP contribution is 2.24. The van der Waals surface area contributed by atoms with E-state index in [1.807, 2.05) is 0 Å². The van der Waals surface area contributed by atoms with Gasteiger partial charge in [0.15, 0.2) is 0 Å². The zero-order valence-electron chi connectivity index (χ0n) is 12.2. The topological polar surface area (TPSA) is 24.9 Å². The number of aryl methyl sites for hydroxylation is 1. The van der Waals surface area contributed by atoms with E-state index < -0.39 is 0 Å². The Hall–Kier alpha value is -1.35. The van der Waals surface area contributed by atoms with Crippen LogP contribution in [0, 0.1) is 0 Å². The second kappa shape index (κ2) is 5.74. The normalized spacial score (nSPS) is 11.6. The van der Waals surface area contributed by atoms with Gasteiger partial charge in [0.1, 0.15) is 5.01 Å². The summed E-state index contributed by atoms with van der Waals surface area (Å²) in [5.41, 5.74) is 3.84. The molecule has 1 aromatic carbocycles. The maximum Gasteiger partial charge on any atom is 0.112 e. The zero-order valence-corrected chi connectivity index (χ0v) is 13.0. The minimum absolute atomic E-state index is 0.136. The molecule has 102 valence electrons. The Morgan fingerprint density at radius 2 is 1.84 bits per heavy atom. The van der Waals surface area contributed by atoms with Crippen LogP contribution >= 0.6 is 11.3 Å². The van der Waals surface area contributed by atoms with Crippen molar-refractivity contribution in [2.24, 2.45) is 0 Å². The Kier molecular flexibility index (Phi) is 4.25. The molecule has 1 aromatic heterocycles. The van der Waals surface area contributed by atoms with E-state index in [1.54, 1.807) is 11.3 Å². The number of thiazole rings is 1. The maximum absolute atomic E-state index is 4.69. The monoisotopic (exact) mass is 274 g/mol. The molecule has 0 spiro atoms. The second-order valence-corrected chi connectivity index (χ2v) is 6.72. The Morgan fingerprint density at radius 3 is 2.37 bits per heavy atom. The molecule has 0 fully saturated rings. The highest BCUT2D eigenvalue weighted by Gasteiger charge is 2.17. The van der Waals surface area contributed by atoms with E-state index in [9.17, 15) is 0 Å². The van der Waals surface area contributed by atoms with Crippen molar-refractivity contribution in [1.29, 1.82) is 0 Å². The van der Waals surface area contributed by atoms with Crippen LogP contribution in [0.4, 0.5) is 5.69 Å². The maximum atomic E-state index is 4.69. The van der Waals surface area contributed by atoms with Gasteiger partial charge in [-0.05, 0) is 24.1 Å². The van der Waals surface area contributed by atoms with Crippen molar-refractivity contribution in [3.8, 4) is 0 Å². The summed E-state index contributed by atoms with van der Waals surface area (Å²) in [6.45, 7) is 9.56. The molecule has 0 unspecified atom stereocenters. The molecule has 2 nitrogen and oxygen atoms in total. The summed E-state index contributed by atoms with van der Waals surface area (Å²) in [4.78, 5) is 4.69. The molecule has 0 aliphatic rings. The fourth-order valence-electron chi connectivity index (χ4n) is 1.77. The van der Waals surface area contributed by atoms with Crippen LogP contribution in [0.5, 0.6) is 0 Å². The second-order valence-electron chi connectivity index (χ2n) is 5.78. The number of nitrogens with zero attached hydrogens (tertiary/aromatic N) is 1. The van der Waals surface area contributed by atoms with Gasteiger partial charge in [-0.1, -0.05) is 39.8 Å². The highest BCUT2D eigenvalue weighted by molar-refractivity contribution is 7.09. The average Bonchev–Trinajstić information content (AvgIpc) is 2.86. The summed E-state index contributed by atoms with van der Waals surface area (Å²) < 4.78 is 0. The van der Waals surface area contributed by atoms with E-state index in [-0.39, 0.29) is 5.41 Å². The first-order valence-corrected chi connectivity index (χ1v) is 7.64. The van der Waals surface area contributed by atoms with Gasteiger partial charge in [-0.25, -0.2) is 4.98 Å². The first kappa shape index (κ1) is 14.1. The Morgan fingerprint density at radius 1 is 1.16 bits per heavy atom. The fourth-order valence-corrected chi connectivity index (χ4v) is 2.73. The predicted octanol–water partition coefficient (Wildman–Crippen LogP) is 4.62. The van der Waals surface area contributed by atoms with E-state index in [1.165, 1.54) is 11.3 Å². The fraction of sp³-hybridized carbons (Fsp3) is 0.438. The first-order chi connectivity index (χ1) is 8.99. The van der Waals surface area contributed by atoms with Crippen LogP contribution < -0.4 is 5.32 Å². The lowest BCUT2D eigenvalue weighted by molar-refractivity contribution is 0.571. The molecule has 3 heteroatoms. The molecule has 0 aliphatic heterocycles. The standard InChI is InChI=1S/C16H22N2S/c1-5-12-6-8-13(9-7-12)17-10-15-18-14(11-19-15)16(2,3)4/h6-9,11,17H,5,10H2,1-4H3. The van der Waals surface area contributed by atoms with E-state index in [4.69, 9.17) is 0 Å². The number of benzene rings is 1. The largest absolute Gasteiger partial charge is 0.379 e. The van der Waals surface area contributed by atoms with Gasteiger partial charge in [0.25, 0.3) is 0 Å². The van der Waals surface area contributed by atoms with Gasteiger partial charge < -0.3 is 5.32 Å². The smallest absolute Gasteiger partial charge is 0.112 e. The van der Waals surface area contributed by atoms with Crippen molar-refractivity contribution in [2.45, 2.75) is 46.1 Å². The molecule has 0 amide bonds. The summed E-state index contributed by atoms with van der Waals surface area (Å²) in [5.74, 6) is 0. The van der Waals surface area contributed by atoms with E-state index >= 15 is 0 Å². The summed E-state index contributed by atoms with van der Waals surface area (Å²) in [5, 5.41) is 6.73. The molecule has 0 radical (unpaired) electrons. The summed E-state index contributed by atoms with van der Waals surface area (Å²) >= 11 is 1.73. The van der Waals surface area contributed by atoms with Gasteiger partial charge in [-0.2, -0.15) is 0 Å². The average molecular weight is 274 g/mol. The van der Waals surface area contributed by atoms with Gasteiger partial charge in [0.2, 0.25) is 0 Å². The van der Waals surface area contributed by atoms with Crippen LogP contribution in [0.1, 0.15) is 44.0 Å². The molecule has 1 heterocycles. The summed E-state index contributed by atoms with van der Waals surface area (Å²) in [6, 6.07) is 8.61. The Bertz CT molecular complexity index is 520. The van der Waals surface area contributed by atoms with Crippen LogP contribution in [0.25, 0.3) is 0 Å². The van der Waals surface area contributed by atoms with E-state index in [2.05, 4.69) is 67.6 Å². The van der Waals surface area contributed by atoms with Crippen molar-refractivity contribution < 1.29 is 0 Å². The number of aromatic nitrogens is 1. The van der Waals surface area contributed by atoms with Crippen LogP contribution in [0.15, 0.2) is 29.6 Å². The van der Waals surface area contributed by atoms with Crippen molar-refractivity contribution in [3.63, 3.8) is 0 Å². The van der Waals surface area contributed by atoms with Crippen LogP contribution in [0.3, 0.4) is 0 Å². The Balaban J connectivity index is 1.96. The number of rotatable bonds is 4. The van der Waals surface area contributed by atoms with Gasteiger partial charge in [-0.15, -0.1) is 11.3 Å². The molecule has 0 bridgehead atoms. The van der Waals surface area contributed by atoms with Crippen molar-refractivity contribution in [3.05, 3.63) is 45.9 Å². The predicted molar refractivity (Wildman–Crippen MR) is 84.0 cm³/mol. The highest BCUT2D eigenvalue weighted by atomic mass is 32.1. The third kappa shape index (κ3) is 3.80. The van der Waals surface area contributed by atoms with E-state index in [0.29, 0.717) is 0 Å². The van der Waals surface area contributed by atoms with Crippen molar-refractivity contribution in [1.82, 2.24) is 4.98 Å². The van der Waals surface area contributed by atoms with Crippen LogP contribution in [-0.2, 0) is 18.4 Å². The summed E-state index contributed by atoms with van der Waals surface area (Å²) in [6.07, 6.45) is 1.09. The number of anilines is 1. The lowest BCUT2D eigenvalue weighted by atomic mass is 9.93. The van der Waals surface area contributed by atoms with Gasteiger partial charge in [-0.3, -0.25) is 0 Å². The zero-order chi connectivity index (χ0) is 13.9. The molecule has 0 aliphatic carbocycles. The summed E-state index contributed by atoms with van der Waals surface area (Å²) in [7, 11) is 0. The third-order valence-corrected chi connectivity index (χ3v) is 3.97.